The van der Waals surface area contributed by atoms with Crippen LogP contribution in [0.15, 0.2) is 16.7 Å². The molecule has 2 heterocycles. The Morgan fingerprint density at radius 3 is 2.93 bits per heavy atom. The lowest BCUT2D eigenvalue weighted by Crippen LogP contribution is -2.07. The summed E-state index contributed by atoms with van der Waals surface area (Å²) < 4.78 is 1.58. The third kappa shape index (κ3) is 1.51. The van der Waals surface area contributed by atoms with Crippen LogP contribution in [0.4, 0.5) is 0 Å². The predicted octanol–water partition coefficient (Wildman–Crippen LogP) is 2.81. The molecule has 0 saturated heterocycles. The molecule has 0 bridgehead atoms. The molecule has 72 valence electrons. The lowest BCUT2D eigenvalue weighted by molar-refractivity contribution is 0.100. The molecule has 2 N–H and O–H groups in total. The molecule has 0 unspecified atom stereocenters. The van der Waals surface area contributed by atoms with Crippen LogP contribution in [-0.2, 0) is 0 Å². The van der Waals surface area contributed by atoms with Gasteiger partial charge in [-0.25, -0.2) is 4.98 Å². The van der Waals surface area contributed by atoms with E-state index in [9.17, 15) is 4.79 Å². The van der Waals surface area contributed by atoms with Gasteiger partial charge in [-0.05, 0) is 22.0 Å². The first-order chi connectivity index (χ1) is 6.59. The average molecular weight is 292 g/mol. The number of thiophene rings is 1. The normalized spacial score (nSPS) is 10.7. The smallest absolute Gasteiger partial charge is 0.258 e. The molecule has 2 aromatic heterocycles. The molecule has 0 saturated carbocycles. The Hall–Kier alpha value is -0.650. The summed E-state index contributed by atoms with van der Waals surface area (Å²) in [5, 5.41) is 1.25. The highest BCUT2D eigenvalue weighted by Gasteiger charge is 2.11. The Kier molecular flexibility index (Phi) is 2.47. The molecule has 0 aliphatic rings. The van der Waals surface area contributed by atoms with E-state index in [1.807, 2.05) is 0 Å². The number of halogens is 2. The van der Waals surface area contributed by atoms with Gasteiger partial charge in [0.2, 0.25) is 0 Å². The predicted molar refractivity (Wildman–Crippen MR) is 60.8 cm³/mol. The molecule has 0 fully saturated rings. The third-order valence-electron chi connectivity index (χ3n) is 1.71. The first-order valence-electron chi connectivity index (χ1n) is 3.63. The van der Waals surface area contributed by atoms with Gasteiger partial charge in [-0.1, -0.05) is 11.6 Å². The molecule has 0 aliphatic heterocycles. The Labute approximate surface area is 97.0 Å². The van der Waals surface area contributed by atoms with Gasteiger partial charge in [0.05, 0.1) is 9.58 Å². The van der Waals surface area contributed by atoms with Gasteiger partial charge in [-0.2, -0.15) is 0 Å². The minimum absolute atomic E-state index is 0.390. The SMILES string of the molecule is NC(=O)c1cc2c(Br)cnc(Cl)c2s1. The highest BCUT2D eigenvalue weighted by molar-refractivity contribution is 9.10. The van der Waals surface area contributed by atoms with Crippen LogP contribution in [0.25, 0.3) is 10.1 Å². The highest BCUT2D eigenvalue weighted by Crippen LogP contribution is 2.34. The second kappa shape index (κ2) is 3.49. The van der Waals surface area contributed by atoms with E-state index in [0.29, 0.717) is 10.0 Å². The topological polar surface area (TPSA) is 56.0 Å². The van der Waals surface area contributed by atoms with Crippen molar-refractivity contribution in [1.29, 1.82) is 0 Å². The van der Waals surface area contributed by atoms with Crippen LogP contribution in [0.3, 0.4) is 0 Å². The van der Waals surface area contributed by atoms with E-state index in [1.54, 1.807) is 12.3 Å². The summed E-state index contributed by atoms with van der Waals surface area (Å²) in [6.07, 6.45) is 1.60. The van der Waals surface area contributed by atoms with Crippen LogP contribution < -0.4 is 5.73 Å². The summed E-state index contributed by atoms with van der Waals surface area (Å²) in [5.74, 6) is -0.450. The second-order valence-electron chi connectivity index (χ2n) is 2.61. The van der Waals surface area contributed by atoms with Crippen molar-refractivity contribution >= 4 is 54.9 Å². The van der Waals surface area contributed by atoms with E-state index in [-0.39, 0.29) is 0 Å². The highest BCUT2D eigenvalue weighted by atomic mass is 79.9. The average Bonchev–Trinajstić information content (AvgIpc) is 2.57. The minimum Gasteiger partial charge on any atom is -0.365 e. The number of pyridine rings is 1. The van der Waals surface area contributed by atoms with Crippen LogP contribution in [0.5, 0.6) is 0 Å². The maximum Gasteiger partial charge on any atom is 0.258 e. The van der Waals surface area contributed by atoms with Crippen molar-refractivity contribution in [3.8, 4) is 0 Å². The van der Waals surface area contributed by atoms with Crippen molar-refractivity contribution in [2.75, 3.05) is 0 Å². The molecule has 3 nitrogen and oxygen atoms in total. The number of hydrogen-bond acceptors (Lipinski definition) is 3. The molecule has 0 atom stereocenters. The summed E-state index contributed by atoms with van der Waals surface area (Å²) in [6, 6.07) is 1.71. The van der Waals surface area contributed by atoms with Gasteiger partial charge >= 0.3 is 0 Å². The Bertz CT molecular complexity index is 486. The van der Waals surface area contributed by atoms with E-state index in [0.717, 1.165) is 14.6 Å². The number of hydrogen-bond donors (Lipinski definition) is 1. The molecule has 1 amide bonds. The summed E-state index contributed by atoms with van der Waals surface area (Å²) in [4.78, 5) is 15.4. The molecular formula is C8H4BrClN2OS. The van der Waals surface area contributed by atoms with Crippen molar-refractivity contribution in [3.05, 3.63) is 26.8 Å². The number of aromatic nitrogens is 1. The van der Waals surface area contributed by atoms with E-state index >= 15 is 0 Å². The van der Waals surface area contributed by atoms with Crippen molar-refractivity contribution in [2.45, 2.75) is 0 Å². The van der Waals surface area contributed by atoms with Crippen molar-refractivity contribution in [2.24, 2.45) is 5.73 Å². The van der Waals surface area contributed by atoms with Crippen LogP contribution in [0.2, 0.25) is 5.15 Å². The minimum atomic E-state index is -0.450. The van der Waals surface area contributed by atoms with Crippen molar-refractivity contribution in [1.82, 2.24) is 4.98 Å². The monoisotopic (exact) mass is 290 g/mol. The molecular weight excluding hydrogens is 288 g/mol. The van der Waals surface area contributed by atoms with Crippen LogP contribution >= 0.6 is 38.9 Å². The Morgan fingerprint density at radius 1 is 1.64 bits per heavy atom. The standard InChI is InChI=1S/C8H4BrClN2OS/c9-4-2-12-7(10)6-3(4)1-5(14-6)8(11)13/h1-2H,(H2,11,13). The molecule has 0 aliphatic carbocycles. The Morgan fingerprint density at radius 2 is 2.36 bits per heavy atom. The number of fused-ring (bicyclic) bond motifs is 1. The molecule has 2 rings (SSSR count). The summed E-state index contributed by atoms with van der Waals surface area (Å²) in [7, 11) is 0. The zero-order valence-corrected chi connectivity index (χ0v) is 9.91. The number of primary amides is 1. The fourth-order valence-electron chi connectivity index (χ4n) is 1.08. The number of rotatable bonds is 1. The van der Waals surface area contributed by atoms with Crippen LogP contribution in [0, 0.1) is 0 Å². The van der Waals surface area contributed by atoms with Gasteiger partial charge in [-0.3, -0.25) is 4.79 Å². The van der Waals surface area contributed by atoms with E-state index < -0.39 is 5.91 Å². The first-order valence-corrected chi connectivity index (χ1v) is 5.61. The quantitative estimate of drug-likeness (QED) is 0.821. The zero-order valence-electron chi connectivity index (χ0n) is 6.75. The fourth-order valence-corrected chi connectivity index (χ4v) is 2.81. The lowest BCUT2D eigenvalue weighted by Gasteiger charge is -1.93. The molecule has 0 aromatic carbocycles. The largest absolute Gasteiger partial charge is 0.365 e. The maximum atomic E-state index is 10.9. The molecule has 6 heteroatoms. The van der Waals surface area contributed by atoms with Crippen molar-refractivity contribution in [3.63, 3.8) is 0 Å². The lowest BCUT2D eigenvalue weighted by atomic mass is 10.3. The van der Waals surface area contributed by atoms with E-state index in [4.69, 9.17) is 17.3 Å². The van der Waals surface area contributed by atoms with E-state index in [2.05, 4.69) is 20.9 Å². The van der Waals surface area contributed by atoms with Crippen LogP contribution in [0.1, 0.15) is 9.67 Å². The number of carbonyl (C=O) groups excluding carboxylic acids is 1. The Balaban J connectivity index is 2.82. The summed E-state index contributed by atoms with van der Waals surface area (Å²) in [5.41, 5.74) is 5.17. The van der Waals surface area contributed by atoms with Gasteiger partial charge < -0.3 is 5.73 Å². The second-order valence-corrected chi connectivity index (χ2v) is 4.88. The summed E-state index contributed by atoms with van der Waals surface area (Å²) >= 11 is 10.4. The fraction of sp³-hybridized carbons (Fsp3) is 0. The molecule has 0 radical (unpaired) electrons. The molecule has 0 spiro atoms. The van der Waals surface area contributed by atoms with E-state index in [1.165, 1.54) is 11.3 Å². The van der Waals surface area contributed by atoms with Gasteiger partial charge in [0, 0.05) is 16.1 Å². The van der Waals surface area contributed by atoms with Crippen LogP contribution in [-0.4, -0.2) is 10.9 Å². The molecule has 2 aromatic rings. The number of nitrogens with zero attached hydrogens (tertiary/aromatic N) is 1. The third-order valence-corrected chi connectivity index (χ3v) is 3.90. The van der Waals surface area contributed by atoms with Gasteiger partial charge in [-0.15, -0.1) is 11.3 Å². The first kappa shape index (κ1) is 9.89. The summed E-state index contributed by atoms with van der Waals surface area (Å²) in [6.45, 7) is 0. The maximum absolute atomic E-state index is 10.9. The zero-order chi connectivity index (χ0) is 10.3. The van der Waals surface area contributed by atoms with Gasteiger partial charge in [0.15, 0.2) is 0 Å². The van der Waals surface area contributed by atoms with Gasteiger partial charge in [0.1, 0.15) is 5.15 Å². The number of carbonyl (C=O) groups is 1. The van der Waals surface area contributed by atoms with Gasteiger partial charge in [0.25, 0.3) is 5.91 Å². The molecule has 14 heavy (non-hydrogen) atoms. The number of nitrogens with two attached hydrogens (primary N) is 1. The number of amides is 1. The van der Waals surface area contributed by atoms with Crippen molar-refractivity contribution < 1.29 is 4.79 Å².